The molecular weight excluding hydrogens is 243 g/mol. The molecule has 0 bridgehead atoms. The zero-order valence-corrected chi connectivity index (χ0v) is 11.3. The number of amides is 1. The van der Waals surface area contributed by atoms with Crippen LogP contribution >= 0.6 is 0 Å². The molecule has 0 atom stereocenters. The van der Waals surface area contributed by atoms with Crippen LogP contribution in [0.3, 0.4) is 0 Å². The molecule has 1 aromatic rings. The highest BCUT2D eigenvalue weighted by atomic mass is 19.1. The van der Waals surface area contributed by atoms with Crippen LogP contribution in [0.1, 0.15) is 35.2 Å². The van der Waals surface area contributed by atoms with E-state index in [9.17, 15) is 9.18 Å². The molecule has 1 heterocycles. The van der Waals surface area contributed by atoms with Gasteiger partial charge in [-0.05, 0) is 56.8 Å². The third-order valence-corrected chi connectivity index (χ3v) is 3.73. The number of piperidine rings is 1. The summed E-state index contributed by atoms with van der Waals surface area (Å²) in [6.07, 6.45) is 3.30. The van der Waals surface area contributed by atoms with Gasteiger partial charge in [0.05, 0.1) is 5.56 Å². The number of hydrogen-bond donors (Lipinski definition) is 2. The Morgan fingerprint density at radius 2 is 2.16 bits per heavy atom. The molecule has 0 radical (unpaired) electrons. The van der Waals surface area contributed by atoms with Gasteiger partial charge in [0.25, 0.3) is 5.91 Å². The smallest absolute Gasteiger partial charge is 0.254 e. The number of rotatable bonds is 4. The molecule has 0 spiro atoms. The van der Waals surface area contributed by atoms with Crippen molar-refractivity contribution in [3.05, 3.63) is 35.1 Å². The summed E-state index contributed by atoms with van der Waals surface area (Å²) in [5, 5.41) is 6.13. The van der Waals surface area contributed by atoms with E-state index in [2.05, 4.69) is 10.6 Å². The highest BCUT2D eigenvalue weighted by Crippen LogP contribution is 2.15. The molecule has 1 aliphatic rings. The van der Waals surface area contributed by atoms with Gasteiger partial charge in [0, 0.05) is 6.54 Å². The monoisotopic (exact) mass is 264 g/mol. The number of nitrogens with one attached hydrogen (secondary N) is 2. The molecule has 1 saturated heterocycles. The molecule has 19 heavy (non-hydrogen) atoms. The van der Waals surface area contributed by atoms with Crippen LogP contribution in [0.15, 0.2) is 18.2 Å². The maximum atomic E-state index is 13.8. The van der Waals surface area contributed by atoms with Crippen LogP contribution in [0.2, 0.25) is 0 Å². The van der Waals surface area contributed by atoms with E-state index in [1.54, 1.807) is 19.1 Å². The maximum Gasteiger partial charge on any atom is 0.254 e. The van der Waals surface area contributed by atoms with Gasteiger partial charge < -0.3 is 10.6 Å². The summed E-state index contributed by atoms with van der Waals surface area (Å²) in [5.41, 5.74) is 0.649. The Kier molecular flexibility index (Phi) is 4.91. The van der Waals surface area contributed by atoms with E-state index in [0.29, 0.717) is 18.0 Å². The van der Waals surface area contributed by atoms with Crippen LogP contribution in [-0.4, -0.2) is 25.5 Å². The minimum atomic E-state index is -0.415. The first kappa shape index (κ1) is 14.0. The lowest BCUT2D eigenvalue weighted by molar-refractivity contribution is 0.0946. The molecule has 2 N–H and O–H groups in total. The van der Waals surface area contributed by atoms with Crippen molar-refractivity contribution in [2.75, 3.05) is 19.6 Å². The summed E-state index contributed by atoms with van der Waals surface area (Å²) in [5.74, 6) is -0.0547. The molecule has 104 valence electrons. The summed E-state index contributed by atoms with van der Waals surface area (Å²) in [6.45, 7) is 4.41. The van der Waals surface area contributed by atoms with Crippen molar-refractivity contribution >= 4 is 5.91 Å². The second-order valence-corrected chi connectivity index (χ2v) is 5.17. The quantitative estimate of drug-likeness (QED) is 0.875. The van der Waals surface area contributed by atoms with Crippen molar-refractivity contribution in [2.24, 2.45) is 5.92 Å². The van der Waals surface area contributed by atoms with Crippen LogP contribution < -0.4 is 10.6 Å². The van der Waals surface area contributed by atoms with Gasteiger partial charge in [-0.3, -0.25) is 4.79 Å². The predicted molar refractivity (Wildman–Crippen MR) is 73.7 cm³/mol. The zero-order chi connectivity index (χ0) is 13.7. The van der Waals surface area contributed by atoms with Gasteiger partial charge in [-0.1, -0.05) is 12.1 Å². The summed E-state index contributed by atoms with van der Waals surface area (Å²) in [7, 11) is 0. The predicted octanol–water partition coefficient (Wildman–Crippen LogP) is 2.25. The van der Waals surface area contributed by atoms with E-state index >= 15 is 0 Å². The highest BCUT2D eigenvalue weighted by Gasteiger charge is 2.15. The first-order valence-electron chi connectivity index (χ1n) is 6.92. The molecular formula is C15H21FN2O. The Morgan fingerprint density at radius 1 is 1.42 bits per heavy atom. The third-order valence-electron chi connectivity index (χ3n) is 3.73. The molecule has 0 aliphatic carbocycles. The largest absolute Gasteiger partial charge is 0.352 e. The van der Waals surface area contributed by atoms with Crippen molar-refractivity contribution in [1.29, 1.82) is 0 Å². The minimum Gasteiger partial charge on any atom is -0.352 e. The standard InChI is InChI=1S/C15H21FN2O/c1-11-3-2-4-13(14(11)16)15(19)18-10-7-12-5-8-17-9-6-12/h2-4,12,17H,5-10H2,1H3,(H,18,19). The molecule has 0 saturated carbocycles. The lowest BCUT2D eigenvalue weighted by Crippen LogP contribution is -2.31. The van der Waals surface area contributed by atoms with Crippen molar-refractivity contribution in [3.63, 3.8) is 0 Å². The van der Waals surface area contributed by atoms with Crippen LogP contribution in [-0.2, 0) is 0 Å². The van der Waals surface area contributed by atoms with Gasteiger partial charge in [0.1, 0.15) is 5.82 Å². The van der Waals surface area contributed by atoms with E-state index in [-0.39, 0.29) is 11.5 Å². The average Bonchev–Trinajstić information content (AvgIpc) is 2.43. The molecule has 0 aromatic heterocycles. The van der Waals surface area contributed by atoms with Crippen molar-refractivity contribution < 1.29 is 9.18 Å². The second-order valence-electron chi connectivity index (χ2n) is 5.17. The van der Waals surface area contributed by atoms with E-state index in [0.717, 1.165) is 32.4 Å². The van der Waals surface area contributed by atoms with Gasteiger partial charge in [-0.2, -0.15) is 0 Å². The number of hydrogen-bond acceptors (Lipinski definition) is 2. The molecule has 1 aromatic carbocycles. The van der Waals surface area contributed by atoms with E-state index in [1.807, 2.05) is 0 Å². The third kappa shape index (κ3) is 3.77. The molecule has 1 aliphatic heterocycles. The second kappa shape index (κ2) is 6.66. The highest BCUT2D eigenvalue weighted by molar-refractivity contribution is 5.94. The van der Waals surface area contributed by atoms with Gasteiger partial charge >= 0.3 is 0 Å². The summed E-state index contributed by atoms with van der Waals surface area (Å²) in [4.78, 5) is 11.9. The number of carbonyl (C=O) groups excluding carboxylic acids is 1. The van der Waals surface area contributed by atoms with Gasteiger partial charge in [-0.15, -0.1) is 0 Å². The Hall–Kier alpha value is -1.42. The van der Waals surface area contributed by atoms with Gasteiger partial charge in [0.15, 0.2) is 0 Å². The Bertz CT molecular complexity index is 442. The molecule has 2 rings (SSSR count). The number of carbonyl (C=O) groups is 1. The van der Waals surface area contributed by atoms with Crippen molar-refractivity contribution in [1.82, 2.24) is 10.6 Å². The minimum absolute atomic E-state index is 0.144. The SMILES string of the molecule is Cc1cccc(C(=O)NCCC2CCNCC2)c1F. The van der Waals surface area contributed by atoms with Crippen molar-refractivity contribution in [2.45, 2.75) is 26.2 Å². The summed E-state index contributed by atoms with van der Waals surface area (Å²) >= 11 is 0. The number of aryl methyl sites for hydroxylation is 1. The normalized spacial score (nSPS) is 16.3. The molecule has 0 unspecified atom stereocenters. The Labute approximate surface area is 113 Å². The topological polar surface area (TPSA) is 41.1 Å². The van der Waals surface area contributed by atoms with Gasteiger partial charge in [0.2, 0.25) is 0 Å². The lowest BCUT2D eigenvalue weighted by Gasteiger charge is -2.22. The van der Waals surface area contributed by atoms with E-state index < -0.39 is 5.82 Å². The lowest BCUT2D eigenvalue weighted by atomic mass is 9.95. The first-order valence-corrected chi connectivity index (χ1v) is 6.92. The number of halogens is 1. The molecule has 4 heteroatoms. The van der Waals surface area contributed by atoms with Gasteiger partial charge in [-0.25, -0.2) is 4.39 Å². The summed E-state index contributed by atoms with van der Waals surface area (Å²) < 4.78 is 13.8. The first-order chi connectivity index (χ1) is 9.18. The zero-order valence-electron chi connectivity index (χ0n) is 11.3. The Balaban J connectivity index is 1.82. The molecule has 1 fully saturated rings. The van der Waals surface area contributed by atoms with Crippen LogP contribution in [0.4, 0.5) is 4.39 Å². The average molecular weight is 264 g/mol. The van der Waals surface area contributed by atoms with E-state index in [1.165, 1.54) is 6.07 Å². The Morgan fingerprint density at radius 3 is 2.89 bits per heavy atom. The van der Waals surface area contributed by atoms with Crippen LogP contribution in [0.5, 0.6) is 0 Å². The molecule has 1 amide bonds. The fraction of sp³-hybridized carbons (Fsp3) is 0.533. The fourth-order valence-electron chi connectivity index (χ4n) is 2.48. The van der Waals surface area contributed by atoms with Crippen molar-refractivity contribution in [3.8, 4) is 0 Å². The summed E-state index contributed by atoms with van der Waals surface area (Å²) in [6, 6.07) is 4.91. The molecule has 3 nitrogen and oxygen atoms in total. The number of benzene rings is 1. The van der Waals surface area contributed by atoms with Crippen LogP contribution in [0.25, 0.3) is 0 Å². The van der Waals surface area contributed by atoms with E-state index in [4.69, 9.17) is 0 Å². The van der Waals surface area contributed by atoms with Crippen LogP contribution in [0, 0.1) is 18.7 Å². The maximum absolute atomic E-state index is 13.8. The fourth-order valence-corrected chi connectivity index (χ4v) is 2.48.